The van der Waals surface area contributed by atoms with Gasteiger partial charge in [-0.1, -0.05) is 18.5 Å². The summed E-state index contributed by atoms with van der Waals surface area (Å²) < 4.78 is 84.3. The minimum absolute atomic E-state index is 0.000403. The van der Waals surface area contributed by atoms with Crippen molar-refractivity contribution in [3.05, 3.63) is 64.7 Å². The number of halogens is 3. The fourth-order valence-corrected chi connectivity index (χ4v) is 9.19. The molecule has 1 atom stereocenters. The quantitative estimate of drug-likeness (QED) is 0.314. The van der Waals surface area contributed by atoms with E-state index in [1.807, 2.05) is 0 Å². The van der Waals surface area contributed by atoms with E-state index in [1.54, 1.807) is 13.8 Å². The number of rotatable bonds is 10. The Morgan fingerprint density at radius 2 is 1.66 bits per heavy atom. The van der Waals surface area contributed by atoms with Crippen LogP contribution >= 0.6 is 11.6 Å². The molecule has 0 aromatic heterocycles. The Morgan fingerprint density at radius 1 is 1.05 bits per heavy atom. The lowest BCUT2D eigenvalue weighted by atomic mass is 9.75. The lowest BCUT2D eigenvalue weighted by Gasteiger charge is -2.41. The summed E-state index contributed by atoms with van der Waals surface area (Å²) in [4.78, 5) is 12.7. The first-order valence-electron chi connectivity index (χ1n) is 12.6. The van der Waals surface area contributed by atoms with Crippen molar-refractivity contribution in [3.8, 4) is 0 Å². The standard InChI is InChI=1S/C27H33ClF2O6S2/c1-4-26(37(3,32)33,25(31)36-5-2)15-12-19-13-16-27(17-14-19,23-18-21(29)8-11-24(23)30)38(34,35)22-9-6-20(28)7-10-22/h6-11,18-19H,4-5,12-17H2,1-3H3. The highest BCUT2D eigenvalue weighted by Gasteiger charge is 2.51. The molecule has 1 fully saturated rings. The van der Waals surface area contributed by atoms with E-state index >= 15 is 4.39 Å². The van der Waals surface area contributed by atoms with E-state index in [0.717, 1.165) is 24.5 Å². The number of benzene rings is 2. The van der Waals surface area contributed by atoms with Crippen LogP contribution in [0.5, 0.6) is 0 Å². The first-order chi connectivity index (χ1) is 17.7. The molecule has 1 aliphatic carbocycles. The van der Waals surface area contributed by atoms with Crippen molar-refractivity contribution in [2.45, 2.75) is 73.2 Å². The maximum Gasteiger partial charge on any atom is 0.327 e. The van der Waals surface area contributed by atoms with Crippen molar-refractivity contribution in [1.29, 1.82) is 0 Å². The highest BCUT2D eigenvalue weighted by atomic mass is 35.5. The van der Waals surface area contributed by atoms with E-state index in [2.05, 4.69) is 0 Å². The third-order valence-corrected chi connectivity index (χ3v) is 12.7. The summed E-state index contributed by atoms with van der Waals surface area (Å²) in [6, 6.07) is 8.37. The lowest BCUT2D eigenvalue weighted by molar-refractivity contribution is -0.146. The number of esters is 1. The fraction of sp³-hybridized carbons (Fsp3) is 0.519. The lowest BCUT2D eigenvalue weighted by Crippen LogP contribution is -2.47. The molecule has 1 saturated carbocycles. The second kappa shape index (κ2) is 11.6. The largest absolute Gasteiger partial charge is 0.465 e. The van der Waals surface area contributed by atoms with E-state index in [1.165, 1.54) is 24.3 Å². The SMILES string of the molecule is CCOC(=O)C(CC)(CCC1CCC(c2cc(F)ccc2F)(S(=O)(=O)c2ccc(Cl)cc2)CC1)S(C)(=O)=O. The zero-order valence-electron chi connectivity index (χ0n) is 21.7. The normalized spacial score (nSPS) is 22.0. The minimum Gasteiger partial charge on any atom is -0.465 e. The molecule has 3 rings (SSSR count). The van der Waals surface area contributed by atoms with Gasteiger partial charge in [0.25, 0.3) is 0 Å². The Bertz CT molecular complexity index is 1370. The summed E-state index contributed by atoms with van der Waals surface area (Å²) in [5.74, 6) is -2.47. The summed E-state index contributed by atoms with van der Waals surface area (Å²) in [7, 11) is -7.99. The molecule has 210 valence electrons. The number of ether oxygens (including phenoxy) is 1. The van der Waals surface area contributed by atoms with E-state index in [9.17, 15) is 26.0 Å². The first-order valence-corrected chi connectivity index (χ1v) is 16.3. The van der Waals surface area contributed by atoms with Crippen LogP contribution in [-0.4, -0.2) is 40.4 Å². The van der Waals surface area contributed by atoms with Crippen LogP contribution < -0.4 is 0 Å². The molecule has 0 bridgehead atoms. The Balaban J connectivity index is 1.95. The molecule has 0 radical (unpaired) electrons. The summed E-state index contributed by atoms with van der Waals surface area (Å²) in [5, 5.41) is 0.338. The van der Waals surface area contributed by atoms with Crippen LogP contribution in [0.15, 0.2) is 47.4 Å². The minimum atomic E-state index is -4.18. The zero-order valence-corrected chi connectivity index (χ0v) is 24.1. The van der Waals surface area contributed by atoms with Crippen LogP contribution in [0.1, 0.15) is 64.4 Å². The van der Waals surface area contributed by atoms with Gasteiger partial charge in [-0.15, -0.1) is 0 Å². The molecule has 0 aliphatic heterocycles. The van der Waals surface area contributed by atoms with Crippen molar-refractivity contribution in [2.24, 2.45) is 5.92 Å². The molecule has 11 heteroatoms. The summed E-state index contributed by atoms with van der Waals surface area (Å²) >= 11 is 5.94. The Labute approximate surface area is 228 Å². The van der Waals surface area contributed by atoms with Crippen LogP contribution in [0.2, 0.25) is 5.02 Å². The maximum absolute atomic E-state index is 15.1. The highest BCUT2D eigenvalue weighted by molar-refractivity contribution is 7.93. The van der Waals surface area contributed by atoms with Crippen LogP contribution in [-0.2, 0) is 34.0 Å². The maximum atomic E-state index is 15.1. The van der Waals surface area contributed by atoms with E-state index in [-0.39, 0.29) is 48.7 Å². The monoisotopic (exact) mass is 590 g/mol. The van der Waals surface area contributed by atoms with Gasteiger partial charge in [-0.3, -0.25) is 4.79 Å². The van der Waals surface area contributed by atoms with Gasteiger partial charge in [-0.05, 0) is 100 Å². The molecule has 0 amide bonds. The number of hydrogen-bond acceptors (Lipinski definition) is 6. The van der Waals surface area contributed by atoms with Crippen molar-refractivity contribution >= 4 is 37.2 Å². The first kappa shape index (κ1) is 30.5. The Morgan fingerprint density at radius 3 is 2.18 bits per heavy atom. The molecule has 2 aromatic carbocycles. The molecule has 6 nitrogen and oxygen atoms in total. The Hall–Kier alpha value is -2.04. The van der Waals surface area contributed by atoms with Gasteiger partial charge in [-0.25, -0.2) is 25.6 Å². The molecule has 1 aliphatic rings. The van der Waals surface area contributed by atoms with E-state index in [0.29, 0.717) is 24.3 Å². The van der Waals surface area contributed by atoms with Crippen LogP contribution in [0.4, 0.5) is 8.78 Å². The van der Waals surface area contributed by atoms with Crippen molar-refractivity contribution in [3.63, 3.8) is 0 Å². The summed E-state index contributed by atoms with van der Waals surface area (Å²) in [5.41, 5.74) is -0.225. The molecule has 0 spiro atoms. The second-order valence-corrected chi connectivity index (χ2v) is 14.9. The number of hydrogen-bond donors (Lipinski definition) is 0. The molecular formula is C27H33ClF2O6S2. The van der Waals surface area contributed by atoms with Gasteiger partial charge < -0.3 is 4.74 Å². The van der Waals surface area contributed by atoms with Crippen molar-refractivity contribution < 1.29 is 35.1 Å². The average Bonchev–Trinajstić information content (AvgIpc) is 2.86. The van der Waals surface area contributed by atoms with Gasteiger partial charge in [0.2, 0.25) is 0 Å². The topological polar surface area (TPSA) is 94.6 Å². The molecule has 2 aromatic rings. The van der Waals surface area contributed by atoms with Crippen LogP contribution in [0.25, 0.3) is 0 Å². The molecule has 38 heavy (non-hydrogen) atoms. The highest BCUT2D eigenvalue weighted by Crippen LogP contribution is 2.50. The van der Waals surface area contributed by atoms with Crippen molar-refractivity contribution in [2.75, 3.05) is 12.9 Å². The van der Waals surface area contributed by atoms with Gasteiger partial charge in [0.05, 0.1) is 11.5 Å². The third-order valence-electron chi connectivity index (χ3n) is 7.86. The Kier molecular flexibility index (Phi) is 9.31. The fourth-order valence-electron chi connectivity index (χ4n) is 5.52. The van der Waals surface area contributed by atoms with Gasteiger partial charge in [0, 0.05) is 16.8 Å². The zero-order chi connectivity index (χ0) is 28.4. The molecular weight excluding hydrogens is 558 g/mol. The predicted molar refractivity (Wildman–Crippen MR) is 142 cm³/mol. The molecule has 0 saturated heterocycles. The smallest absolute Gasteiger partial charge is 0.327 e. The van der Waals surface area contributed by atoms with Gasteiger partial charge in [-0.2, -0.15) is 0 Å². The average molecular weight is 591 g/mol. The van der Waals surface area contributed by atoms with Gasteiger partial charge in [0.15, 0.2) is 24.4 Å². The van der Waals surface area contributed by atoms with E-state index < -0.39 is 46.8 Å². The van der Waals surface area contributed by atoms with E-state index in [4.69, 9.17) is 16.3 Å². The molecule has 0 N–H and O–H groups in total. The van der Waals surface area contributed by atoms with Gasteiger partial charge in [0.1, 0.15) is 16.4 Å². The third kappa shape index (κ3) is 5.63. The predicted octanol–water partition coefficient (Wildman–Crippen LogP) is 6.01. The van der Waals surface area contributed by atoms with Gasteiger partial charge >= 0.3 is 5.97 Å². The molecule has 1 unspecified atom stereocenters. The summed E-state index contributed by atoms with van der Waals surface area (Å²) in [6.07, 6.45) is 2.05. The summed E-state index contributed by atoms with van der Waals surface area (Å²) in [6.45, 7) is 3.27. The van der Waals surface area contributed by atoms with Crippen LogP contribution in [0.3, 0.4) is 0 Å². The van der Waals surface area contributed by atoms with Crippen molar-refractivity contribution in [1.82, 2.24) is 0 Å². The molecule has 0 heterocycles. The number of carbonyl (C=O) groups excluding carboxylic acids is 1. The number of carbonyl (C=O) groups is 1. The second-order valence-electron chi connectivity index (χ2n) is 9.90. The number of sulfone groups is 2. The van der Waals surface area contributed by atoms with Crippen LogP contribution in [0, 0.1) is 17.6 Å².